The Morgan fingerprint density at radius 2 is 1.94 bits per heavy atom. The molecular weight excluding hydrogens is 240 g/mol. The summed E-state index contributed by atoms with van der Waals surface area (Å²) >= 11 is 5.58. The zero-order valence-electron chi connectivity index (χ0n) is 9.23. The lowest BCUT2D eigenvalue weighted by molar-refractivity contribution is -0.118. The van der Waals surface area contributed by atoms with E-state index in [9.17, 15) is 9.59 Å². The Morgan fingerprint density at radius 1 is 1.24 bits per heavy atom. The second kappa shape index (κ2) is 5.19. The normalized spacial score (nSPS) is 19.6. The number of carbonyl (C=O) groups is 2. The molecule has 2 rings (SSSR count). The summed E-state index contributed by atoms with van der Waals surface area (Å²) in [6.45, 7) is 0. The van der Waals surface area contributed by atoms with E-state index < -0.39 is 6.04 Å². The van der Waals surface area contributed by atoms with Crippen molar-refractivity contribution in [2.45, 2.75) is 18.9 Å². The van der Waals surface area contributed by atoms with Crippen LogP contribution in [0.5, 0.6) is 0 Å². The number of alkyl halides is 1. The van der Waals surface area contributed by atoms with Gasteiger partial charge in [-0.1, -0.05) is 18.2 Å². The zero-order valence-corrected chi connectivity index (χ0v) is 9.98. The van der Waals surface area contributed by atoms with Crippen molar-refractivity contribution in [3.05, 3.63) is 30.3 Å². The summed E-state index contributed by atoms with van der Waals surface area (Å²) in [7, 11) is 0. The van der Waals surface area contributed by atoms with Gasteiger partial charge >= 0.3 is 6.03 Å². The Kier molecular flexibility index (Phi) is 3.64. The minimum absolute atomic E-state index is 0.202. The van der Waals surface area contributed by atoms with Crippen molar-refractivity contribution in [2.75, 3.05) is 10.8 Å². The predicted molar refractivity (Wildman–Crippen MR) is 66.2 cm³/mol. The highest BCUT2D eigenvalue weighted by Gasteiger charge is 2.38. The highest BCUT2D eigenvalue weighted by Crippen LogP contribution is 2.20. The Morgan fingerprint density at radius 3 is 2.59 bits per heavy atom. The van der Waals surface area contributed by atoms with E-state index in [0.29, 0.717) is 24.4 Å². The number of para-hydroxylation sites is 1. The second-order valence-electron chi connectivity index (χ2n) is 3.84. The first-order chi connectivity index (χ1) is 8.24. The number of benzene rings is 1. The van der Waals surface area contributed by atoms with Crippen LogP contribution in [0.25, 0.3) is 0 Å². The minimum atomic E-state index is -0.443. The van der Waals surface area contributed by atoms with Crippen molar-refractivity contribution in [2.24, 2.45) is 0 Å². The van der Waals surface area contributed by atoms with Gasteiger partial charge in [-0.05, 0) is 25.0 Å². The third-order valence-electron chi connectivity index (χ3n) is 2.66. The molecular formula is C12H13ClN2O2. The van der Waals surface area contributed by atoms with Gasteiger partial charge in [0.15, 0.2) is 0 Å². The van der Waals surface area contributed by atoms with Crippen LogP contribution in [0.1, 0.15) is 12.8 Å². The highest BCUT2D eigenvalue weighted by atomic mass is 35.5. The lowest BCUT2D eigenvalue weighted by Gasteiger charge is -2.12. The Hall–Kier alpha value is -1.55. The van der Waals surface area contributed by atoms with Crippen molar-refractivity contribution in [3.8, 4) is 0 Å². The molecule has 17 heavy (non-hydrogen) atoms. The van der Waals surface area contributed by atoms with Crippen molar-refractivity contribution in [1.29, 1.82) is 0 Å². The molecule has 1 aliphatic rings. The zero-order chi connectivity index (χ0) is 12.3. The molecule has 1 aromatic rings. The van der Waals surface area contributed by atoms with Crippen LogP contribution in [0.15, 0.2) is 30.3 Å². The summed E-state index contributed by atoms with van der Waals surface area (Å²) < 4.78 is 0. The number of anilines is 1. The van der Waals surface area contributed by atoms with Gasteiger partial charge in [-0.2, -0.15) is 0 Å². The van der Waals surface area contributed by atoms with Crippen molar-refractivity contribution in [1.82, 2.24) is 5.32 Å². The molecule has 0 bridgehead atoms. The third-order valence-corrected chi connectivity index (χ3v) is 2.93. The molecule has 4 nitrogen and oxygen atoms in total. The molecule has 1 heterocycles. The molecule has 1 saturated heterocycles. The molecule has 0 saturated carbocycles. The Labute approximate surface area is 105 Å². The summed E-state index contributed by atoms with van der Waals surface area (Å²) in [5.74, 6) is 0.289. The van der Waals surface area contributed by atoms with Crippen molar-refractivity contribution < 1.29 is 9.59 Å². The Balaban J connectivity index is 2.15. The molecule has 1 unspecified atom stereocenters. The topological polar surface area (TPSA) is 49.4 Å². The maximum absolute atomic E-state index is 12.0. The Bertz CT molecular complexity index is 422. The van der Waals surface area contributed by atoms with Crippen LogP contribution in [0, 0.1) is 0 Å². The summed E-state index contributed by atoms with van der Waals surface area (Å²) in [4.78, 5) is 24.9. The maximum Gasteiger partial charge on any atom is 0.329 e. The first-order valence-corrected chi connectivity index (χ1v) is 6.03. The van der Waals surface area contributed by atoms with E-state index in [1.165, 1.54) is 4.90 Å². The van der Waals surface area contributed by atoms with Crippen LogP contribution in [-0.4, -0.2) is 23.9 Å². The number of imide groups is 1. The fraction of sp³-hybridized carbons (Fsp3) is 0.333. The SMILES string of the molecule is O=C1NC(CCCCl)C(=O)N1c1ccccc1. The predicted octanol–water partition coefficient (Wildman–Crippen LogP) is 2.13. The number of urea groups is 1. The standard InChI is InChI=1S/C12H13ClN2O2/c13-8-4-7-10-11(16)15(12(17)14-10)9-5-2-1-3-6-9/h1-3,5-6,10H,4,7-8H2,(H,14,17). The highest BCUT2D eigenvalue weighted by molar-refractivity contribution is 6.21. The number of nitrogens with zero attached hydrogens (tertiary/aromatic N) is 1. The van der Waals surface area contributed by atoms with Gasteiger partial charge in [0, 0.05) is 5.88 Å². The number of nitrogens with one attached hydrogen (secondary N) is 1. The van der Waals surface area contributed by atoms with Gasteiger partial charge in [0.2, 0.25) is 0 Å². The van der Waals surface area contributed by atoms with Crippen LogP contribution in [0.3, 0.4) is 0 Å². The van der Waals surface area contributed by atoms with E-state index in [-0.39, 0.29) is 11.9 Å². The molecule has 1 fully saturated rings. The van der Waals surface area contributed by atoms with E-state index in [1.54, 1.807) is 24.3 Å². The van der Waals surface area contributed by atoms with Gasteiger partial charge in [0.1, 0.15) is 6.04 Å². The molecule has 0 radical (unpaired) electrons. The lowest BCUT2D eigenvalue weighted by Crippen LogP contribution is -2.31. The van der Waals surface area contributed by atoms with Crippen molar-refractivity contribution in [3.63, 3.8) is 0 Å². The van der Waals surface area contributed by atoms with Crippen LogP contribution in [0.4, 0.5) is 10.5 Å². The first kappa shape index (κ1) is 11.9. The average molecular weight is 253 g/mol. The van der Waals surface area contributed by atoms with E-state index in [4.69, 9.17) is 11.6 Å². The molecule has 0 aromatic heterocycles. The monoisotopic (exact) mass is 252 g/mol. The molecule has 90 valence electrons. The summed E-state index contributed by atoms with van der Waals surface area (Å²) in [6.07, 6.45) is 1.29. The molecule has 1 aliphatic heterocycles. The summed E-state index contributed by atoms with van der Waals surface area (Å²) in [5, 5.41) is 2.67. The van der Waals surface area contributed by atoms with Crippen LogP contribution < -0.4 is 10.2 Å². The average Bonchev–Trinajstić information content (AvgIpc) is 2.63. The molecule has 0 aliphatic carbocycles. The lowest BCUT2D eigenvalue weighted by atomic mass is 10.1. The van der Waals surface area contributed by atoms with Gasteiger partial charge < -0.3 is 5.32 Å². The number of rotatable bonds is 4. The molecule has 5 heteroatoms. The third kappa shape index (κ3) is 2.42. The van der Waals surface area contributed by atoms with Gasteiger partial charge in [-0.15, -0.1) is 11.6 Å². The second-order valence-corrected chi connectivity index (χ2v) is 4.22. The van der Waals surface area contributed by atoms with E-state index in [2.05, 4.69) is 5.32 Å². The largest absolute Gasteiger partial charge is 0.329 e. The van der Waals surface area contributed by atoms with E-state index in [1.807, 2.05) is 6.07 Å². The molecule has 1 atom stereocenters. The van der Waals surface area contributed by atoms with Crippen LogP contribution in [0.2, 0.25) is 0 Å². The maximum atomic E-state index is 12.0. The number of hydrogen-bond acceptors (Lipinski definition) is 2. The van der Waals surface area contributed by atoms with E-state index in [0.717, 1.165) is 0 Å². The van der Waals surface area contributed by atoms with Gasteiger partial charge in [-0.25, -0.2) is 9.69 Å². The van der Waals surface area contributed by atoms with Crippen LogP contribution >= 0.6 is 11.6 Å². The number of halogens is 1. The van der Waals surface area contributed by atoms with Crippen LogP contribution in [-0.2, 0) is 4.79 Å². The summed E-state index contributed by atoms with van der Waals surface area (Å²) in [5.41, 5.74) is 0.600. The molecule has 1 N–H and O–H groups in total. The van der Waals surface area contributed by atoms with Gasteiger partial charge in [0.25, 0.3) is 5.91 Å². The van der Waals surface area contributed by atoms with Gasteiger partial charge in [-0.3, -0.25) is 4.79 Å². The number of amides is 3. The fourth-order valence-electron chi connectivity index (χ4n) is 1.83. The number of carbonyl (C=O) groups excluding carboxylic acids is 2. The molecule has 1 aromatic carbocycles. The van der Waals surface area contributed by atoms with Gasteiger partial charge in [0.05, 0.1) is 5.69 Å². The summed E-state index contributed by atoms with van der Waals surface area (Å²) in [6, 6.07) is 8.10. The molecule has 0 spiro atoms. The smallest absolute Gasteiger partial charge is 0.325 e. The minimum Gasteiger partial charge on any atom is -0.325 e. The van der Waals surface area contributed by atoms with Crippen molar-refractivity contribution >= 4 is 29.2 Å². The fourth-order valence-corrected chi connectivity index (χ4v) is 1.98. The molecule has 3 amide bonds. The quantitative estimate of drug-likeness (QED) is 0.659. The number of hydrogen-bond donors (Lipinski definition) is 1. The van der Waals surface area contributed by atoms with E-state index >= 15 is 0 Å². The first-order valence-electron chi connectivity index (χ1n) is 5.49.